The molecule has 0 amide bonds. The van der Waals surface area contributed by atoms with Crippen LogP contribution in [0.2, 0.25) is 10.0 Å². The maximum Gasteiger partial charge on any atom is 0.394 e. The minimum atomic E-state index is -4.67. The first-order chi connectivity index (χ1) is 9.56. The number of nitrogens with one attached hydrogen (secondary N) is 3. The van der Waals surface area contributed by atoms with Crippen LogP contribution in [0.4, 0.5) is 0 Å². The summed E-state index contributed by atoms with van der Waals surface area (Å²) in [6.45, 7) is 0.454. The summed E-state index contributed by atoms with van der Waals surface area (Å²) in [6, 6.07) is 5.26. The van der Waals surface area contributed by atoms with Gasteiger partial charge in [0.05, 0.1) is 6.04 Å². The fraction of sp³-hybridized carbons (Fsp3) is 0.300. The number of guanidine groups is 1. The Labute approximate surface area is 132 Å². The van der Waals surface area contributed by atoms with Gasteiger partial charge in [-0.05, 0) is 19.2 Å². The second-order valence-electron chi connectivity index (χ2n) is 3.72. The van der Waals surface area contributed by atoms with Crippen molar-refractivity contribution >= 4 is 39.6 Å². The lowest BCUT2D eigenvalue weighted by atomic mass is 10.1. The maximum absolute atomic E-state index is 8.74. The van der Waals surface area contributed by atoms with Gasteiger partial charge >= 0.3 is 10.4 Å². The van der Waals surface area contributed by atoms with E-state index in [1.165, 1.54) is 0 Å². The third kappa shape index (κ3) is 9.45. The highest BCUT2D eigenvalue weighted by Crippen LogP contribution is 2.29. The molecule has 0 saturated heterocycles. The summed E-state index contributed by atoms with van der Waals surface area (Å²) in [6.07, 6.45) is 0. The molecule has 1 unspecified atom stereocenters. The highest BCUT2D eigenvalue weighted by Gasteiger charge is 2.16. The quantitative estimate of drug-likeness (QED) is 0.268. The van der Waals surface area contributed by atoms with Crippen LogP contribution in [0.1, 0.15) is 11.6 Å². The molecule has 11 heteroatoms. The molecule has 0 aliphatic carbocycles. The highest BCUT2D eigenvalue weighted by atomic mass is 35.5. The molecule has 1 atom stereocenters. The minimum Gasteiger partial charge on any atom is -0.370 e. The Morgan fingerprint density at radius 1 is 1.38 bits per heavy atom. The molecule has 0 saturated carbocycles. The maximum atomic E-state index is 8.74. The summed E-state index contributed by atoms with van der Waals surface area (Å²) >= 11 is 12.2. The predicted octanol–water partition coefficient (Wildman–Crippen LogP) is 1.08. The summed E-state index contributed by atoms with van der Waals surface area (Å²) in [5, 5.41) is 14.1. The van der Waals surface area contributed by atoms with Gasteiger partial charge in [0.25, 0.3) is 0 Å². The van der Waals surface area contributed by atoms with Crippen molar-refractivity contribution in [3.8, 4) is 0 Å². The van der Waals surface area contributed by atoms with E-state index in [1.54, 1.807) is 25.2 Å². The second kappa shape index (κ2) is 9.03. The van der Waals surface area contributed by atoms with Crippen LogP contribution in [-0.2, 0) is 10.4 Å². The lowest BCUT2D eigenvalue weighted by Gasteiger charge is -2.19. The van der Waals surface area contributed by atoms with E-state index in [-0.39, 0.29) is 12.0 Å². The molecule has 1 aromatic rings. The van der Waals surface area contributed by atoms with Gasteiger partial charge in [-0.15, -0.1) is 0 Å². The molecule has 7 N–H and O–H groups in total. The Morgan fingerprint density at radius 2 is 1.81 bits per heavy atom. The van der Waals surface area contributed by atoms with Gasteiger partial charge in [-0.1, -0.05) is 29.3 Å². The summed E-state index contributed by atoms with van der Waals surface area (Å²) in [7, 11) is -2.87. The molecule has 21 heavy (non-hydrogen) atoms. The van der Waals surface area contributed by atoms with Crippen molar-refractivity contribution in [2.45, 2.75) is 6.04 Å². The molecular weight excluding hydrogens is 343 g/mol. The Bertz CT molecular complexity index is 554. The summed E-state index contributed by atoms with van der Waals surface area (Å²) < 4.78 is 31.6. The summed E-state index contributed by atoms with van der Waals surface area (Å²) in [5.74, 6) is -0.0802. The first kappa shape index (κ1) is 19.9. The van der Waals surface area contributed by atoms with Crippen LogP contribution in [0.25, 0.3) is 0 Å². The molecule has 8 nitrogen and oxygen atoms in total. The van der Waals surface area contributed by atoms with Crippen LogP contribution >= 0.6 is 23.2 Å². The van der Waals surface area contributed by atoms with Crippen molar-refractivity contribution in [2.24, 2.45) is 5.73 Å². The van der Waals surface area contributed by atoms with Crippen molar-refractivity contribution in [3.05, 3.63) is 33.8 Å². The van der Waals surface area contributed by atoms with Crippen molar-refractivity contribution in [2.75, 3.05) is 13.6 Å². The van der Waals surface area contributed by atoms with Crippen molar-refractivity contribution < 1.29 is 17.5 Å². The van der Waals surface area contributed by atoms with Crippen LogP contribution in [-0.4, -0.2) is 37.1 Å². The van der Waals surface area contributed by atoms with Gasteiger partial charge in [0.2, 0.25) is 0 Å². The first-order valence-corrected chi connectivity index (χ1v) is 7.60. The molecule has 0 spiro atoms. The Balaban J connectivity index is 0.000000690. The van der Waals surface area contributed by atoms with Crippen LogP contribution in [0.15, 0.2) is 18.2 Å². The molecule has 120 valence electrons. The van der Waals surface area contributed by atoms with Gasteiger partial charge < -0.3 is 16.4 Å². The number of halogens is 2. The van der Waals surface area contributed by atoms with Gasteiger partial charge in [0.1, 0.15) is 0 Å². The first-order valence-electron chi connectivity index (χ1n) is 5.45. The van der Waals surface area contributed by atoms with Gasteiger partial charge in [-0.25, -0.2) is 0 Å². The van der Waals surface area contributed by atoms with E-state index in [0.717, 1.165) is 5.56 Å². The van der Waals surface area contributed by atoms with Gasteiger partial charge in [-0.3, -0.25) is 14.5 Å². The number of hydrogen-bond donors (Lipinski definition) is 6. The third-order valence-electron chi connectivity index (χ3n) is 2.19. The van der Waals surface area contributed by atoms with Crippen molar-refractivity contribution in [1.82, 2.24) is 10.6 Å². The third-order valence-corrected chi connectivity index (χ3v) is 2.85. The number of likely N-dealkylation sites (N-methyl/N-ethyl adjacent to an activating group) is 1. The minimum absolute atomic E-state index is 0.0802. The van der Waals surface area contributed by atoms with Crippen LogP contribution in [0, 0.1) is 5.41 Å². The second-order valence-corrected chi connectivity index (χ2v) is 5.43. The molecule has 0 aromatic heterocycles. The molecule has 0 fully saturated rings. The highest BCUT2D eigenvalue weighted by molar-refractivity contribution is 7.79. The van der Waals surface area contributed by atoms with E-state index >= 15 is 0 Å². The van der Waals surface area contributed by atoms with E-state index in [0.29, 0.717) is 16.6 Å². The Kier molecular flexibility index (Phi) is 8.55. The standard InChI is InChI=1S/C10H14Cl2N4.H2O4S/c1-15-8(5-16-10(13)14)9-6(11)3-2-4-7(9)12;1-5(2,3)4/h2-4,8,15H,5H2,1H3,(H4,13,14,16);(H2,1,2,3,4). The molecule has 0 aliphatic rings. The SMILES string of the molecule is CNC(CNC(=N)N)c1c(Cl)cccc1Cl.O=S(=O)(O)O. The Morgan fingerprint density at radius 3 is 2.14 bits per heavy atom. The number of nitrogens with two attached hydrogens (primary N) is 1. The number of benzene rings is 1. The predicted molar refractivity (Wildman–Crippen MR) is 82.4 cm³/mol. The van der Waals surface area contributed by atoms with E-state index in [1.807, 2.05) is 0 Å². The fourth-order valence-electron chi connectivity index (χ4n) is 1.40. The van der Waals surface area contributed by atoms with E-state index in [2.05, 4.69) is 10.6 Å². The van der Waals surface area contributed by atoms with Gasteiger partial charge in [0, 0.05) is 22.2 Å². The van der Waals surface area contributed by atoms with Gasteiger partial charge in [0.15, 0.2) is 5.96 Å². The average Bonchev–Trinajstić information content (AvgIpc) is 2.30. The normalized spacial score (nSPS) is 12.0. The topological polar surface area (TPSA) is 149 Å². The van der Waals surface area contributed by atoms with E-state index in [4.69, 9.17) is 51.9 Å². The molecule has 0 radical (unpaired) electrons. The summed E-state index contributed by atoms with van der Waals surface area (Å²) in [4.78, 5) is 0. The molecular formula is C10H16Cl2N4O4S. The number of rotatable bonds is 4. The lowest BCUT2D eigenvalue weighted by Crippen LogP contribution is -2.37. The van der Waals surface area contributed by atoms with Crippen LogP contribution in [0.3, 0.4) is 0 Å². The molecule has 0 heterocycles. The zero-order valence-electron chi connectivity index (χ0n) is 11.0. The van der Waals surface area contributed by atoms with Crippen LogP contribution in [0.5, 0.6) is 0 Å². The molecule has 0 aliphatic heterocycles. The average molecular weight is 359 g/mol. The smallest absolute Gasteiger partial charge is 0.370 e. The van der Waals surface area contributed by atoms with Crippen LogP contribution < -0.4 is 16.4 Å². The number of hydrogen-bond acceptors (Lipinski definition) is 4. The van der Waals surface area contributed by atoms with E-state index in [9.17, 15) is 0 Å². The lowest BCUT2D eigenvalue weighted by molar-refractivity contribution is 0.381. The molecule has 0 bridgehead atoms. The fourth-order valence-corrected chi connectivity index (χ4v) is 2.06. The van der Waals surface area contributed by atoms with Crippen molar-refractivity contribution in [1.29, 1.82) is 5.41 Å². The zero-order valence-corrected chi connectivity index (χ0v) is 13.3. The van der Waals surface area contributed by atoms with Crippen molar-refractivity contribution in [3.63, 3.8) is 0 Å². The largest absolute Gasteiger partial charge is 0.394 e. The Hall–Kier alpha value is -1.10. The zero-order chi connectivity index (χ0) is 16.6. The monoisotopic (exact) mass is 358 g/mol. The molecule has 1 rings (SSSR count). The van der Waals surface area contributed by atoms with E-state index < -0.39 is 10.4 Å². The van der Waals surface area contributed by atoms with Gasteiger partial charge in [-0.2, -0.15) is 8.42 Å². The summed E-state index contributed by atoms with van der Waals surface area (Å²) in [5.41, 5.74) is 6.04. The molecule has 1 aromatic carbocycles.